The maximum Gasteiger partial charge on any atom is 0.189 e. The van der Waals surface area contributed by atoms with Gasteiger partial charge in [0.15, 0.2) is 5.96 Å². The van der Waals surface area contributed by atoms with Gasteiger partial charge in [-0.25, -0.2) is 4.99 Å². The highest BCUT2D eigenvalue weighted by molar-refractivity contribution is 5.88. The highest BCUT2D eigenvalue weighted by atomic mass is 16.5. The number of guanidine groups is 1. The molecule has 1 aliphatic rings. The summed E-state index contributed by atoms with van der Waals surface area (Å²) in [5.41, 5.74) is 7.03. The van der Waals surface area contributed by atoms with E-state index < -0.39 is 0 Å². The van der Waals surface area contributed by atoms with E-state index in [0.717, 1.165) is 36.1 Å². The van der Waals surface area contributed by atoms with Gasteiger partial charge in [0, 0.05) is 18.7 Å². The zero-order valence-corrected chi connectivity index (χ0v) is 13.4. The lowest BCUT2D eigenvalue weighted by molar-refractivity contribution is 0.114. The number of benzene rings is 2. The zero-order chi connectivity index (χ0) is 16.1. The van der Waals surface area contributed by atoms with Crippen LogP contribution in [0.3, 0.4) is 0 Å². The minimum absolute atomic E-state index is 0.246. The van der Waals surface area contributed by atoms with Crippen molar-refractivity contribution < 1.29 is 9.47 Å². The third kappa shape index (κ3) is 3.74. The predicted octanol–water partition coefficient (Wildman–Crippen LogP) is 2.43. The van der Waals surface area contributed by atoms with Gasteiger partial charge in [-0.15, -0.1) is 0 Å². The molecule has 0 spiro atoms. The van der Waals surface area contributed by atoms with Crippen LogP contribution in [0.5, 0.6) is 5.75 Å². The predicted molar refractivity (Wildman–Crippen MR) is 92.8 cm³/mol. The largest absolute Gasteiger partial charge is 0.496 e. The standard InChI is InChI=1S/C18H23N3O2/c1-22-17-9-8-13-5-2-3-7-15(13)16(17)12-21-18(19)20-11-14-6-4-10-23-14/h2-3,5,7-9,14H,4,6,10-12H2,1H3,(H3,19,20,21). The number of nitrogens with zero attached hydrogens (tertiary/aromatic N) is 1. The number of nitrogens with one attached hydrogen (secondary N) is 1. The highest BCUT2D eigenvalue weighted by Crippen LogP contribution is 2.28. The van der Waals surface area contributed by atoms with E-state index in [1.54, 1.807) is 7.11 Å². The summed E-state index contributed by atoms with van der Waals surface area (Å²) in [5, 5.41) is 5.45. The number of ether oxygens (including phenoxy) is 2. The van der Waals surface area contributed by atoms with E-state index in [1.807, 2.05) is 18.2 Å². The molecule has 1 atom stereocenters. The number of hydrogen-bond acceptors (Lipinski definition) is 3. The molecule has 5 heteroatoms. The smallest absolute Gasteiger partial charge is 0.189 e. The van der Waals surface area contributed by atoms with Crippen LogP contribution in [0.4, 0.5) is 0 Å². The quantitative estimate of drug-likeness (QED) is 0.657. The number of aliphatic imine (C=N–C) groups is 1. The van der Waals surface area contributed by atoms with E-state index in [2.05, 4.69) is 28.5 Å². The van der Waals surface area contributed by atoms with Crippen LogP contribution in [0.1, 0.15) is 18.4 Å². The molecule has 5 nitrogen and oxygen atoms in total. The molecule has 0 saturated carbocycles. The van der Waals surface area contributed by atoms with Gasteiger partial charge in [0.2, 0.25) is 0 Å². The molecule has 1 saturated heterocycles. The van der Waals surface area contributed by atoms with Crippen molar-refractivity contribution in [3.63, 3.8) is 0 Å². The lowest BCUT2D eigenvalue weighted by Gasteiger charge is -2.13. The van der Waals surface area contributed by atoms with Gasteiger partial charge in [-0.3, -0.25) is 0 Å². The molecule has 1 aliphatic heterocycles. The summed E-state index contributed by atoms with van der Waals surface area (Å²) >= 11 is 0. The van der Waals surface area contributed by atoms with Gasteiger partial charge < -0.3 is 20.5 Å². The van der Waals surface area contributed by atoms with Crippen molar-refractivity contribution in [2.24, 2.45) is 10.7 Å². The summed E-state index contributed by atoms with van der Waals surface area (Å²) in [6.07, 6.45) is 2.45. The zero-order valence-electron chi connectivity index (χ0n) is 13.4. The lowest BCUT2D eigenvalue weighted by atomic mass is 10.0. The Balaban J connectivity index is 1.73. The van der Waals surface area contributed by atoms with Crippen LogP contribution in [0.25, 0.3) is 10.8 Å². The number of rotatable bonds is 5. The van der Waals surface area contributed by atoms with Crippen molar-refractivity contribution in [3.05, 3.63) is 42.0 Å². The van der Waals surface area contributed by atoms with Crippen LogP contribution in [0.15, 0.2) is 41.4 Å². The first-order valence-corrected chi connectivity index (χ1v) is 7.98. The minimum Gasteiger partial charge on any atom is -0.496 e. The molecule has 3 N–H and O–H groups in total. The van der Waals surface area contributed by atoms with Crippen molar-refractivity contribution >= 4 is 16.7 Å². The number of hydrogen-bond donors (Lipinski definition) is 2. The van der Waals surface area contributed by atoms with Crippen LogP contribution in [0, 0.1) is 0 Å². The Labute approximate surface area is 136 Å². The maximum atomic E-state index is 5.98. The van der Waals surface area contributed by atoms with Gasteiger partial charge in [-0.1, -0.05) is 30.3 Å². The number of nitrogens with two attached hydrogens (primary N) is 1. The van der Waals surface area contributed by atoms with Gasteiger partial charge in [0.1, 0.15) is 5.75 Å². The Bertz CT molecular complexity index is 694. The first-order chi connectivity index (χ1) is 11.3. The molecule has 1 fully saturated rings. The second-order valence-corrected chi connectivity index (χ2v) is 5.68. The molecule has 0 bridgehead atoms. The Hall–Kier alpha value is -2.27. The summed E-state index contributed by atoms with van der Waals surface area (Å²) in [5.74, 6) is 1.27. The normalized spacial score (nSPS) is 18.3. The van der Waals surface area contributed by atoms with Crippen LogP contribution < -0.4 is 15.8 Å². The average Bonchev–Trinajstić information content (AvgIpc) is 3.11. The molecule has 1 heterocycles. The molecule has 122 valence electrons. The summed E-state index contributed by atoms with van der Waals surface area (Å²) in [6.45, 7) is 2.04. The van der Waals surface area contributed by atoms with E-state index in [1.165, 1.54) is 5.39 Å². The second kappa shape index (κ2) is 7.33. The minimum atomic E-state index is 0.246. The highest BCUT2D eigenvalue weighted by Gasteiger charge is 2.15. The van der Waals surface area contributed by atoms with Crippen LogP contribution in [-0.2, 0) is 11.3 Å². The maximum absolute atomic E-state index is 5.98. The van der Waals surface area contributed by atoms with Crippen LogP contribution in [-0.4, -0.2) is 32.3 Å². The summed E-state index contributed by atoms with van der Waals surface area (Å²) < 4.78 is 11.0. The third-order valence-corrected chi connectivity index (χ3v) is 4.16. The fourth-order valence-corrected chi connectivity index (χ4v) is 2.91. The molecule has 3 rings (SSSR count). The first kappa shape index (κ1) is 15.6. The van der Waals surface area contributed by atoms with E-state index in [9.17, 15) is 0 Å². The third-order valence-electron chi connectivity index (χ3n) is 4.16. The van der Waals surface area contributed by atoms with Crippen molar-refractivity contribution in [3.8, 4) is 5.75 Å². The summed E-state index contributed by atoms with van der Waals surface area (Å²) in [6, 6.07) is 12.2. The topological polar surface area (TPSA) is 68.9 Å². The van der Waals surface area contributed by atoms with Crippen molar-refractivity contribution in [2.75, 3.05) is 20.3 Å². The lowest BCUT2D eigenvalue weighted by Crippen LogP contribution is -2.37. The Kier molecular flexibility index (Phi) is 4.98. The molecule has 23 heavy (non-hydrogen) atoms. The van der Waals surface area contributed by atoms with E-state index in [4.69, 9.17) is 15.2 Å². The first-order valence-electron chi connectivity index (χ1n) is 7.98. The molecule has 0 radical (unpaired) electrons. The van der Waals surface area contributed by atoms with Crippen molar-refractivity contribution in [1.29, 1.82) is 0 Å². The van der Waals surface area contributed by atoms with Crippen molar-refractivity contribution in [1.82, 2.24) is 5.32 Å². The van der Waals surface area contributed by atoms with Gasteiger partial charge in [0.25, 0.3) is 0 Å². The number of methoxy groups -OCH3 is 1. The van der Waals surface area contributed by atoms with E-state index >= 15 is 0 Å². The van der Waals surface area contributed by atoms with Gasteiger partial charge >= 0.3 is 0 Å². The molecule has 1 unspecified atom stereocenters. The molecular weight excluding hydrogens is 290 g/mol. The van der Waals surface area contributed by atoms with Gasteiger partial charge in [-0.2, -0.15) is 0 Å². The second-order valence-electron chi connectivity index (χ2n) is 5.68. The number of fused-ring (bicyclic) bond motifs is 1. The van der Waals surface area contributed by atoms with Crippen LogP contribution >= 0.6 is 0 Å². The summed E-state index contributed by atoms with van der Waals surface area (Å²) in [7, 11) is 1.68. The van der Waals surface area contributed by atoms with E-state index in [-0.39, 0.29) is 6.10 Å². The Morgan fingerprint density at radius 1 is 1.35 bits per heavy atom. The SMILES string of the molecule is COc1ccc2ccccc2c1CN=C(N)NCC1CCCO1. The molecular formula is C18H23N3O2. The molecule has 0 aromatic heterocycles. The van der Waals surface area contributed by atoms with E-state index in [0.29, 0.717) is 19.0 Å². The Morgan fingerprint density at radius 2 is 2.22 bits per heavy atom. The fraction of sp³-hybridized carbons (Fsp3) is 0.389. The van der Waals surface area contributed by atoms with Gasteiger partial charge in [0.05, 0.1) is 19.8 Å². The summed E-state index contributed by atoms with van der Waals surface area (Å²) in [4.78, 5) is 4.46. The fourth-order valence-electron chi connectivity index (χ4n) is 2.91. The molecule has 0 aliphatic carbocycles. The monoisotopic (exact) mass is 313 g/mol. The van der Waals surface area contributed by atoms with Crippen molar-refractivity contribution in [2.45, 2.75) is 25.5 Å². The molecule has 0 amide bonds. The molecule has 2 aromatic rings. The van der Waals surface area contributed by atoms with Gasteiger partial charge in [-0.05, 0) is 29.7 Å². The molecule has 2 aromatic carbocycles. The Morgan fingerprint density at radius 3 is 3.00 bits per heavy atom. The average molecular weight is 313 g/mol. The van der Waals surface area contributed by atoms with Crippen LogP contribution in [0.2, 0.25) is 0 Å².